The van der Waals surface area contributed by atoms with Gasteiger partial charge in [0.15, 0.2) is 5.82 Å². The quantitative estimate of drug-likeness (QED) is 0.371. The van der Waals surface area contributed by atoms with Gasteiger partial charge in [-0.15, -0.1) is 5.10 Å². The van der Waals surface area contributed by atoms with Crippen LogP contribution < -0.4 is 14.4 Å². The molecule has 1 saturated heterocycles. The number of nitrogens with zero attached hydrogens (tertiary/aromatic N) is 4. The first-order valence-corrected chi connectivity index (χ1v) is 14.5. The van der Waals surface area contributed by atoms with E-state index < -0.39 is 50.4 Å². The van der Waals surface area contributed by atoms with Crippen molar-refractivity contribution in [1.29, 1.82) is 0 Å². The number of amides is 1. The van der Waals surface area contributed by atoms with Crippen LogP contribution in [0.15, 0.2) is 53.6 Å². The number of hydrogen-bond donors (Lipinski definition) is 1. The second-order valence-electron chi connectivity index (χ2n) is 11.3. The molecule has 1 amide bonds. The molecule has 14 heteroatoms. The van der Waals surface area contributed by atoms with Crippen LogP contribution in [0.4, 0.5) is 23.4 Å². The number of benzene rings is 1. The molecule has 2 aromatic heterocycles. The molecular formula is C27H29F4N5O4S. The van der Waals surface area contributed by atoms with Crippen LogP contribution in [0.1, 0.15) is 50.4 Å². The number of aromatic nitrogens is 3. The zero-order valence-electron chi connectivity index (χ0n) is 22.6. The summed E-state index contributed by atoms with van der Waals surface area (Å²) in [5.41, 5.74) is -2.35. The van der Waals surface area contributed by atoms with Crippen molar-refractivity contribution in [2.75, 3.05) is 18.1 Å². The molecule has 3 heterocycles. The highest BCUT2D eigenvalue weighted by molar-refractivity contribution is 7.90. The second kappa shape index (κ2) is 10.00. The van der Waals surface area contributed by atoms with E-state index in [1.54, 1.807) is 0 Å². The lowest BCUT2D eigenvalue weighted by atomic mass is 9.97. The lowest BCUT2D eigenvalue weighted by Crippen LogP contribution is -2.41. The van der Waals surface area contributed by atoms with E-state index in [1.807, 2.05) is 30.4 Å². The summed E-state index contributed by atoms with van der Waals surface area (Å²) in [6, 6.07) is 8.92. The summed E-state index contributed by atoms with van der Waals surface area (Å²) in [4.78, 5) is 19.2. The number of rotatable bonds is 8. The van der Waals surface area contributed by atoms with Gasteiger partial charge in [0.05, 0.1) is 5.56 Å². The maximum atomic E-state index is 14.2. The number of sulfonamides is 1. The highest BCUT2D eigenvalue weighted by Gasteiger charge is 2.64. The van der Waals surface area contributed by atoms with E-state index in [0.717, 1.165) is 18.6 Å². The normalized spacial score (nSPS) is 19.7. The van der Waals surface area contributed by atoms with Crippen molar-refractivity contribution >= 4 is 21.7 Å². The minimum Gasteiger partial charge on any atom is -0.476 e. The molecule has 2 aliphatic rings. The van der Waals surface area contributed by atoms with Crippen LogP contribution in [-0.4, -0.2) is 54.0 Å². The summed E-state index contributed by atoms with van der Waals surface area (Å²) in [7, 11) is -4.54. The fourth-order valence-electron chi connectivity index (χ4n) is 5.19. The molecule has 0 bridgehead atoms. The van der Waals surface area contributed by atoms with Gasteiger partial charge in [0.1, 0.15) is 28.6 Å². The summed E-state index contributed by atoms with van der Waals surface area (Å²) in [5.74, 6) is -1.36. The van der Waals surface area contributed by atoms with Crippen molar-refractivity contribution in [2.45, 2.75) is 56.6 Å². The molecular weight excluding hydrogens is 566 g/mol. The average Bonchev–Trinajstić information content (AvgIpc) is 3.45. The third-order valence-corrected chi connectivity index (χ3v) is 8.90. The Morgan fingerprint density at radius 3 is 2.46 bits per heavy atom. The van der Waals surface area contributed by atoms with E-state index in [0.29, 0.717) is 6.54 Å². The summed E-state index contributed by atoms with van der Waals surface area (Å²) in [5, 5.41) is 4.20. The highest BCUT2D eigenvalue weighted by atomic mass is 32.2. The molecule has 3 aromatic rings. The molecule has 1 aliphatic carbocycles. The second-order valence-corrected chi connectivity index (χ2v) is 13.0. The standard InChI is InChI=1S/C27H29F4N5O4S/c1-17-14-25(2,3)35(15-17)23-18(24(37)34-41(38,39)20-7-5-4-6-19(20)28)8-9-21(32-23)36-13-10-22(33-36)40-16-26(11-12-26)27(29,30)31/h4-10,13,17H,11-12,14-16H2,1-3H3,(H,34,37)/t17-/m0/s1. The number of anilines is 1. The Morgan fingerprint density at radius 2 is 1.85 bits per heavy atom. The van der Waals surface area contributed by atoms with Gasteiger partial charge in [0.2, 0.25) is 5.88 Å². The molecule has 1 saturated carbocycles. The lowest BCUT2D eigenvalue weighted by Gasteiger charge is -2.34. The van der Waals surface area contributed by atoms with Gasteiger partial charge >= 0.3 is 6.18 Å². The van der Waals surface area contributed by atoms with Crippen molar-refractivity contribution in [3.05, 3.63) is 60.0 Å². The Labute approximate surface area is 234 Å². The van der Waals surface area contributed by atoms with Crippen LogP contribution in [0.3, 0.4) is 0 Å². The van der Waals surface area contributed by atoms with E-state index in [4.69, 9.17) is 4.74 Å². The lowest BCUT2D eigenvalue weighted by molar-refractivity contribution is -0.194. The van der Waals surface area contributed by atoms with Crippen molar-refractivity contribution in [2.24, 2.45) is 11.3 Å². The van der Waals surface area contributed by atoms with Gasteiger partial charge in [0, 0.05) is 24.3 Å². The van der Waals surface area contributed by atoms with E-state index in [9.17, 15) is 30.8 Å². The molecule has 1 aliphatic heterocycles. The van der Waals surface area contributed by atoms with Crippen molar-refractivity contribution in [3.8, 4) is 11.7 Å². The van der Waals surface area contributed by atoms with Crippen molar-refractivity contribution in [1.82, 2.24) is 19.5 Å². The number of hydrogen-bond acceptors (Lipinski definition) is 7. The topological polar surface area (TPSA) is 106 Å². The predicted molar refractivity (Wildman–Crippen MR) is 141 cm³/mol. The number of pyridine rings is 1. The first-order chi connectivity index (χ1) is 19.1. The zero-order chi connectivity index (χ0) is 29.8. The number of halogens is 4. The highest BCUT2D eigenvalue weighted by Crippen LogP contribution is 2.57. The minimum absolute atomic E-state index is 0.00231. The molecule has 41 heavy (non-hydrogen) atoms. The van der Waals surface area contributed by atoms with Crippen LogP contribution >= 0.6 is 0 Å². The number of carbonyl (C=O) groups excluding carboxylic acids is 1. The fourth-order valence-corrected chi connectivity index (χ4v) is 6.23. The molecule has 1 N–H and O–H groups in total. The average molecular weight is 596 g/mol. The Kier molecular flexibility index (Phi) is 7.03. The summed E-state index contributed by atoms with van der Waals surface area (Å²) < 4.78 is 88.3. The van der Waals surface area contributed by atoms with E-state index in [2.05, 4.69) is 10.1 Å². The molecule has 0 radical (unpaired) electrons. The van der Waals surface area contributed by atoms with Gasteiger partial charge in [-0.1, -0.05) is 19.1 Å². The van der Waals surface area contributed by atoms with Crippen LogP contribution in [0.5, 0.6) is 5.88 Å². The van der Waals surface area contributed by atoms with Crippen LogP contribution in [0.25, 0.3) is 5.82 Å². The van der Waals surface area contributed by atoms with Gasteiger partial charge in [0.25, 0.3) is 15.9 Å². The molecule has 0 spiro atoms. The van der Waals surface area contributed by atoms with Crippen LogP contribution in [0, 0.1) is 17.2 Å². The Morgan fingerprint density at radius 1 is 1.15 bits per heavy atom. The minimum atomic E-state index is -4.54. The number of ether oxygens (including phenoxy) is 1. The summed E-state index contributed by atoms with van der Waals surface area (Å²) in [6.45, 7) is 5.96. The van der Waals surface area contributed by atoms with Gasteiger partial charge in [-0.05, 0) is 63.3 Å². The fraction of sp³-hybridized carbons (Fsp3) is 0.444. The third-order valence-electron chi connectivity index (χ3n) is 7.54. The third kappa shape index (κ3) is 5.61. The SMILES string of the molecule is C[C@@H]1CN(c2nc(-n3ccc(OCC4(C(F)(F)F)CC4)n3)ccc2C(=O)NS(=O)(=O)c2ccccc2F)C(C)(C)C1. The first kappa shape index (κ1) is 28.8. The molecule has 2 fully saturated rings. The smallest absolute Gasteiger partial charge is 0.397 e. The Balaban J connectivity index is 1.45. The Bertz CT molecular complexity index is 1580. The molecule has 1 atom stereocenters. The number of nitrogens with one attached hydrogen (secondary N) is 1. The van der Waals surface area contributed by atoms with E-state index in [-0.39, 0.29) is 41.8 Å². The molecule has 0 unspecified atom stereocenters. The van der Waals surface area contributed by atoms with Gasteiger partial charge < -0.3 is 9.64 Å². The monoisotopic (exact) mass is 595 g/mol. The van der Waals surface area contributed by atoms with E-state index >= 15 is 0 Å². The van der Waals surface area contributed by atoms with Gasteiger partial charge in [-0.25, -0.2) is 27.2 Å². The van der Waals surface area contributed by atoms with Crippen molar-refractivity contribution in [3.63, 3.8) is 0 Å². The first-order valence-electron chi connectivity index (χ1n) is 13.0. The van der Waals surface area contributed by atoms with Crippen LogP contribution in [-0.2, 0) is 10.0 Å². The maximum Gasteiger partial charge on any atom is 0.397 e. The number of carbonyl (C=O) groups is 1. The van der Waals surface area contributed by atoms with Gasteiger partial charge in [-0.2, -0.15) is 13.2 Å². The maximum absolute atomic E-state index is 14.2. The van der Waals surface area contributed by atoms with E-state index in [1.165, 1.54) is 41.2 Å². The molecule has 5 rings (SSSR count). The summed E-state index contributed by atoms with van der Waals surface area (Å²) >= 11 is 0. The molecule has 220 valence electrons. The van der Waals surface area contributed by atoms with Crippen LogP contribution in [0.2, 0.25) is 0 Å². The molecule has 9 nitrogen and oxygen atoms in total. The molecule has 1 aromatic carbocycles. The largest absolute Gasteiger partial charge is 0.476 e. The Hall–Kier alpha value is -3.68. The van der Waals surface area contributed by atoms with Gasteiger partial charge in [-0.3, -0.25) is 4.79 Å². The number of alkyl halides is 3. The predicted octanol–water partition coefficient (Wildman–Crippen LogP) is 4.87. The van der Waals surface area contributed by atoms with Crippen molar-refractivity contribution < 1.29 is 35.5 Å². The summed E-state index contributed by atoms with van der Waals surface area (Å²) in [6.07, 6.45) is -2.12. The zero-order valence-corrected chi connectivity index (χ0v) is 23.4.